The highest BCUT2D eigenvalue weighted by Gasteiger charge is 2.40. The Morgan fingerprint density at radius 1 is 1.65 bits per heavy atom. The second-order valence-corrected chi connectivity index (χ2v) is 5.96. The zero-order valence-electron chi connectivity index (χ0n) is 11.5. The predicted octanol–water partition coefficient (Wildman–Crippen LogP) is 3.06. The van der Waals surface area contributed by atoms with E-state index in [4.69, 9.17) is 0 Å². The van der Waals surface area contributed by atoms with Crippen LogP contribution in [0.15, 0.2) is 24.3 Å². The Morgan fingerprint density at radius 2 is 2.24 bits per heavy atom. The van der Waals surface area contributed by atoms with Crippen molar-refractivity contribution in [2.75, 3.05) is 0 Å². The van der Waals surface area contributed by atoms with E-state index in [2.05, 4.69) is 26.5 Å². The Kier molecular flexibility index (Phi) is 4.21. The zero-order chi connectivity index (χ0) is 13.3. The van der Waals surface area contributed by atoms with E-state index in [1.165, 1.54) is 5.57 Å². The van der Waals surface area contributed by atoms with Crippen molar-refractivity contribution in [3.05, 3.63) is 24.3 Å². The van der Waals surface area contributed by atoms with Crippen LogP contribution in [-0.2, 0) is 0 Å². The van der Waals surface area contributed by atoms with Gasteiger partial charge < -0.3 is 10.2 Å². The Balaban J connectivity index is 2.77. The van der Waals surface area contributed by atoms with Gasteiger partial charge in [0.25, 0.3) is 0 Å². The monoisotopic (exact) mass is 238 g/mol. The van der Waals surface area contributed by atoms with Crippen LogP contribution in [0, 0.1) is 11.8 Å². The minimum Gasteiger partial charge on any atom is -0.389 e. The fourth-order valence-corrected chi connectivity index (χ4v) is 2.61. The van der Waals surface area contributed by atoms with E-state index in [0.717, 1.165) is 12.8 Å². The molecule has 1 aliphatic carbocycles. The molecule has 0 aromatic rings. The summed E-state index contributed by atoms with van der Waals surface area (Å²) < 4.78 is 0. The Bertz CT molecular complexity index is 313. The highest BCUT2D eigenvalue weighted by molar-refractivity contribution is 5.16. The molecular formula is C15H26O2. The van der Waals surface area contributed by atoms with Gasteiger partial charge in [-0.15, -0.1) is 6.58 Å². The lowest BCUT2D eigenvalue weighted by Gasteiger charge is -2.42. The van der Waals surface area contributed by atoms with Crippen molar-refractivity contribution in [3.8, 4) is 0 Å². The van der Waals surface area contributed by atoms with Crippen LogP contribution in [0.4, 0.5) is 0 Å². The van der Waals surface area contributed by atoms with Crippen LogP contribution in [0.1, 0.15) is 47.0 Å². The summed E-state index contributed by atoms with van der Waals surface area (Å²) in [5, 5.41) is 20.6. The Labute approximate surface area is 105 Å². The van der Waals surface area contributed by atoms with Crippen LogP contribution in [0.25, 0.3) is 0 Å². The number of rotatable bonds is 4. The van der Waals surface area contributed by atoms with Crippen LogP contribution >= 0.6 is 0 Å². The number of aliphatic hydroxyl groups is 2. The van der Waals surface area contributed by atoms with E-state index in [0.29, 0.717) is 6.42 Å². The van der Waals surface area contributed by atoms with Gasteiger partial charge in [-0.25, -0.2) is 0 Å². The van der Waals surface area contributed by atoms with Gasteiger partial charge in [0.2, 0.25) is 0 Å². The fraction of sp³-hybridized carbons (Fsp3) is 0.733. The molecule has 0 saturated carbocycles. The van der Waals surface area contributed by atoms with Crippen LogP contribution in [0.5, 0.6) is 0 Å². The lowest BCUT2D eigenvalue weighted by molar-refractivity contribution is -0.0487. The molecule has 0 heterocycles. The molecule has 2 heteroatoms. The van der Waals surface area contributed by atoms with Gasteiger partial charge in [0.1, 0.15) is 0 Å². The third kappa shape index (κ3) is 3.20. The van der Waals surface area contributed by atoms with E-state index < -0.39 is 11.2 Å². The molecule has 0 fully saturated rings. The minimum atomic E-state index is -0.836. The summed E-state index contributed by atoms with van der Waals surface area (Å²) in [5.74, 6) is 0.405. The van der Waals surface area contributed by atoms with Gasteiger partial charge in [0, 0.05) is 5.92 Å². The molecule has 0 radical (unpaired) electrons. The van der Waals surface area contributed by atoms with E-state index in [1.54, 1.807) is 13.0 Å². The lowest BCUT2D eigenvalue weighted by Crippen LogP contribution is -2.44. The lowest BCUT2D eigenvalue weighted by atomic mass is 9.68. The average Bonchev–Trinajstić information content (AvgIpc) is 2.23. The summed E-state index contributed by atoms with van der Waals surface area (Å²) in [6.07, 6.45) is 6.16. The molecule has 2 N–H and O–H groups in total. The number of hydrogen-bond donors (Lipinski definition) is 2. The second kappa shape index (κ2) is 4.95. The van der Waals surface area contributed by atoms with Crippen LogP contribution in [0.3, 0.4) is 0 Å². The first kappa shape index (κ1) is 14.5. The largest absolute Gasteiger partial charge is 0.389 e. The maximum atomic E-state index is 10.6. The fourth-order valence-electron chi connectivity index (χ4n) is 2.61. The molecule has 1 unspecified atom stereocenters. The van der Waals surface area contributed by atoms with Crippen molar-refractivity contribution < 1.29 is 10.2 Å². The van der Waals surface area contributed by atoms with Gasteiger partial charge >= 0.3 is 0 Å². The molecule has 0 aliphatic heterocycles. The summed E-state index contributed by atoms with van der Waals surface area (Å²) in [4.78, 5) is 0. The van der Waals surface area contributed by atoms with Crippen molar-refractivity contribution in [1.29, 1.82) is 0 Å². The van der Waals surface area contributed by atoms with Crippen LogP contribution in [-0.4, -0.2) is 21.4 Å². The van der Waals surface area contributed by atoms with E-state index >= 15 is 0 Å². The Hall–Kier alpha value is -0.600. The minimum absolute atomic E-state index is 0.137. The van der Waals surface area contributed by atoms with E-state index in [9.17, 15) is 10.2 Å². The van der Waals surface area contributed by atoms with Crippen molar-refractivity contribution in [1.82, 2.24) is 0 Å². The van der Waals surface area contributed by atoms with Crippen molar-refractivity contribution >= 4 is 0 Å². The highest BCUT2D eigenvalue weighted by Crippen LogP contribution is 2.41. The predicted molar refractivity (Wildman–Crippen MR) is 71.7 cm³/mol. The summed E-state index contributed by atoms with van der Waals surface area (Å²) in [5.41, 5.74) is -0.263. The molecule has 0 amide bonds. The molecule has 2 nitrogen and oxygen atoms in total. The second-order valence-electron chi connectivity index (χ2n) is 5.96. The molecule has 0 spiro atoms. The molecule has 0 aromatic heterocycles. The van der Waals surface area contributed by atoms with Gasteiger partial charge in [-0.05, 0) is 46.0 Å². The number of hydrogen-bond acceptors (Lipinski definition) is 2. The van der Waals surface area contributed by atoms with Crippen molar-refractivity contribution in [2.45, 2.75) is 58.2 Å². The standard InChI is InChI=1S/C15H26O2/c1-6-14(4,16)10-9-13-11(2)7-8-12(3)15(13,5)17/h6-7,12-13,16-17H,1,8-10H2,2-5H3/t12-,13+,14?,15-/m0/s1. The summed E-state index contributed by atoms with van der Waals surface area (Å²) in [7, 11) is 0. The van der Waals surface area contributed by atoms with Gasteiger partial charge in [-0.1, -0.05) is 24.6 Å². The van der Waals surface area contributed by atoms with E-state index in [-0.39, 0.29) is 11.8 Å². The van der Waals surface area contributed by atoms with Crippen molar-refractivity contribution in [3.63, 3.8) is 0 Å². The van der Waals surface area contributed by atoms with Crippen LogP contribution in [0.2, 0.25) is 0 Å². The highest BCUT2D eigenvalue weighted by atomic mass is 16.3. The van der Waals surface area contributed by atoms with Gasteiger partial charge in [0.05, 0.1) is 11.2 Å². The first-order valence-corrected chi connectivity index (χ1v) is 6.45. The Morgan fingerprint density at radius 3 is 2.76 bits per heavy atom. The van der Waals surface area contributed by atoms with Gasteiger partial charge in [0.15, 0.2) is 0 Å². The van der Waals surface area contributed by atoms with Gasteiger partial charge in [-0.3, -0.25) is 0 Å². The molecule has 98 valence electrons. The maximum Gasteiger partial charge on any atom is 0.0797 e. The topological polar surface area (TPSA) is 40.5 Å². The SMILES string of the molecule is C=CC(C)(O)CC[C@@H]1C(C)=CC[C@H](C)[C@]1(C)O. The molecule has 0 bridgehead atoms. The smallest absolute Gasteiger partial charge is 0.0797 e. The molecule has 17 heavy (non-hydrogen) atoms. The third-order valence-corrected chi connectivity index (χ3v) is 4.43. The van der Waals surface area contributed by atoms with Gasteiger partial charge in [-0.2, -0.15) is 0 Å². The summed E-state index contributed by atoms with van der Waals surface area (Å²) in [6.45, 7) is 11.5. The number of allylic oxidation sites excluding steroid dienone is 1. The molecule has 1 aliphatic rings. The zero-order valence-corrected chi connectivity index (χ0v) is 11.5. The molecule has 4 atom stereocenters. The summed E-state index contributed by atoms with van der Waals surface area (Å²) >= 11 is 0. The normalized spacial score (nSPS) is 37.2. The first-order chi connectivity index (χ1) is 7.70. The van der Waals surface area contributed by atoms with E-state index in [1.807, 2.05) is 6.92 Å². The molecular weight excluding hydrogens is 212 g/mol. The first-order valence-electron chi connectivity index (χ1n) is 6.45. The molecule has 1 rings (SSSR count). The van der Waals surface area contributed by atoms with Crippen LogP contribution < -0.4 is 0 Å². The summed E-state index contributed by atoms with van der Waals surface area (Å²) in [6, 6.07) is 0. The maximum absolute atomic E-state index is 10.6. The quantitative estimate of drug-likeness (QED) is 0.739. The molecule has 0 aromatic carbocycles. The average molecular weight is 238 g/mol. The third-order valence-electron chi connectivity index (χ3n) is 4.43. The molecule has 0 saturated heterocycles. The van der Waals surface area contributed by atoms with Crippen molar-refractivity contribution in [2.24, 2.45) is 11.8 Å².